The Kier molecular flexibility index (Phi) is 4.19. The minimum absolute atomic E-state index is 0.0345. The van der Waals surface area contributed by atoms with Crippen LogP contribution >= 0.6 is 23.4 Å². The summed E-state index contributed by atoms with van der Waals surface area (Å²) in [6.45, 7) is 5.49. The number of nitrogens with zero attached hydrogens (tertiary/aromatic N) is 3. The molecule has 0 spiro atoms. The average Bonchev–Trinajstić information content (AvgIpc) is 2.96. The molecule has 1 aromatic rings. The summed E-state index contributed by atoms with van der Waals surface area (Å²) in [7, 11) is 1.82. The van der Waals surface area contributed by atoms with Crippen LogP contribution in [0.1, 0.15) is 19.4 Å². The zero-order chi connectivity index (χ0) is 15.9. The van der Waals surface area contributed by atoms with Crippen molar-refractivity contribution in [2.24, 2.45) is 4.99 Å². The maximum Gasteiger partial charge on any atom is 0.262 e. The van der Waals surface area contributed by atoms with Crippen LogP contribution in [0.5, 0.6) is 0 Å². The highest BCUT2D eigenvalue weighted by molar-refractivity contribution is 8.18. The molecule has 116 valence electrons. The monoisotopic (exact) mass is 335 g/mol. The molecule has 1 unspecified atom stereocenters. The number of thioether (sulfide) groups is 1. The van der Waals surface area contributed by atoms with Gasteiger partial charge < -0.3 is 9.80 Å². The van der Waals surface area contributed by atoms with E-state index in [2.05, 4.69) is 16.8 Å². The minimum Gasteiger partial charge on any atom is -0.337 e. The number of carbonyl (C=O) groups is 1. The van der Waals surface area contributed by atoms with E-state index in [0.717, 1.165) is 27.9 Å². The van der Waals surface area contributed by atoms with E-state index in [1.54, 1.807) is 4.90 Å². The molecule has 0 N–H and O–H groups in total. The lowest BCUT2D eigenvalue weighted by Crippen LogP contribution is -2.27. The number of carbonyl (C=O) groups excluding carboxylic acids is 1. The van der Waals surface area contributed by atoms with Crippen molar-refractivity contribution >= 4 is 34.4 Å². The number of halogens is 1. The van der Waals surface area contributed by atoms with Crippen LogP contribution in [0.25, 0.3) is 0 Å². The summed E-state index contributed by atoms with van der Waals surface area (Å²) in [6.07, 6.45) is 0. The van der Waals surface area contributed by atoms with Crippen molar-refractivity contribution in [3.8, 4) is 0 Å². The molecular formula is C16H18ClN3OS. The summed E-state index contributed by atoms with van der Waals surface area (Å²) < 4.78 is 0. The van der Waals surface area contributed by atoms with Gasteiger partial charge >= 0.3 is 0 Å². The third-order valence-corrected chi connectivity index (χ3v) is 5.20. The molecule has 1 amide bonds. The van der Waals surface area contributed by atoms with Crippen LogP contribution in [-0.4, -0.2) is 40.5 Å². The molecule has 0 aliphatic carbocycles. The first-order valence-corrected chi connectivity index (χ1v) is 8.39. The maximum absolute atomic E-state index is 12.7. The minimum atomic E-state index is 0.0345. The van der Waals surface area contributed by atoms with Crippen LogP contribution in [0, 0.1) is 0 Å². The van der Waals surface area contributed by atoms with Crippen LogP contribution < -0.4 is 0 Å². The second-order valence-corrected chi connectivity index (χ2v) is 7.09. The number of likely N-dealkylation sites (N-methyl/N-ethyl adjacent to an activating group) is 1. The molecule has 0 radical (unpaired) electrons. The van der Waals surface area contributed by atoms with Gasteiger partial charge in [0.1, 0.15) is 0 Å². The van der Waals surface area contributed by atoms with E-state index >= 15 is 0 Å². The van der Waals surface area contributed by atoms with Crippen molar-refractivity contribution in [2.75, 3.05) is 13.6 Å². The van der Waals surface area contributed by atoms with Crippen LogP contribution in [-0.2, 0) is 11.3 Å². The highest BCUT2D eigenvalue weighted by Crippen LogP contribution is 2.38. The summed E-state index contributed by atoms with van der Waals surface area (Å²) in [6, 6.07) is 7.90. The zero-order valence-corrected chi connectivity index (χ0v) is 14.4. The van der Waals surface area contributed by atoms with Gasteiger partial charge in [-0.15, -0.1) is 0 Å². The lowest BCUT2D eigenvalue weighted by Gasteiger charge is -2.18. The molecule has 3 rings (SSSR count). The number of hydrogen-bond acceptors (Lipinski definition) is 4. The lowest BCUT2D eigenvalue weighted by molar-refractivity contribution is -0.125. The molecule has 0 bridgehead atoms. The molecule has 0 fully saturated rings. The molecule has 4 nitrogen and oxygen atoms in total. The predicted octanol–water partition coefficient (Wildman–Crippen LogP) is 3.34. The maximum atomic E-state index is 12.7. The highest BCUT2D eigenvalue weighted by atomic mass is 35.5. The fourth-order valence-electron chi connectivity index (χ4n) is 2.64. The second-order valence-electron chi connectivity index (χ2n) is 5.68. The molecule has 0 saturated heterocycles. The van der Waals surface area contributed by atoms with Gasteiger partial charge in [-0.2, -0.15) is 0 Å². The Morgan fingerprint density at radius 2 is 2.32 bits per heavy atom. The van der Waals surface area contributed by atoms with Crippen molar-refractivity contribution in [1.82, 2.24) is 9.80 Å². The van der Waals surface area contributed by atoms with Crippen molar-refractivity contribution in [3.63, 3.8) is 0 Å². The van der Waals surface area contributed by atoms with Gasteiger partial charge in [0.2, 0.25) is 0 Å². The Morgan fingerprint density at radius 1 is 1.55 bits per heavy atom. The number of fused-ring (bicyclic) bond motifs is 1. The van der Waals surface area contributed by atoms with Gasteiger partial charge in [0.25, 0.3) is 5.91 Å². The van der Waals surface area contributed by atoms with Crippen molar-refractivity contribution in [3.05, 3.63) is 45.5 Å². The molecule has 2 aliphatic rings. The number of amidine groups is 1. The number of allylic oxidation sites excluding steroid dienone is 1. The molecular weight excluding hydrogens is 318 g/mol. The van der Waals surface area contributed by atoms with Gasteiger partial charge in [-0.1, -0.05) is 23.7 Å². The standard InChI is InChI=1S/C16H18ClN3OS/c1-10-8-20-11(2)14(22-16(20)18-10)15(21)19(3)9-12-5-4-6-13(17)7-12/h4-7,10H,8-9H2,1-3H3. The third kappa shape index (κ3) is 2.88. The van der Waals surface area contributed by atoms with E-state index in [0.29, 0.717) is 17.6 Å². The lowest BCUT2D eigenvalue weighted by atomic mass is 10.2. The summed E-state index contributed by atoms with van der Waals surface area (Å²) in [5.74, 6) is 0.0345. The third-order valence-electron chi connectivity index (χ3n) is 3.79. The number of rotatable bonds is 3. The van der Waals surface area contributed by atoms with Gasteiger partial charge in [-0.25, -0.2) is 0 Å². The first kappa shape index (κ1) is 15.4. The fraction of sp³-hybridized carbons (Fsp3) is 0.375. The molecule has 2 heterocycles. The Hall–Kier alpha value is -1.46. The molecule has 0 saturated carbocycles. The number of aliphatic imine (C=N–C) groups is 1. The van der Waals surface area contributed by atoms with E-state index in [1.165, 1.54) is 11.8 Å². The van der Waals surface area contributed by atoms with Crippen LogP contribution in [0.2, 0.25) is 5.02 Å². The number of benzene rings is 1. The molecule has 1 atom stereocenters. The smallest absolute Gasteiger partial charge is 0.262 e. The topological polar surface area (TPSA) is 35.9 Å². The van der Waals surface area contributed by atoms with E-state index in [-0.39, 0.29) is 5.91 Å². The van der Waals surface area contributed by atoms with Crippen molar-refractivity contribution in [2.45, 2.75) is 26.4 Å². The quantitative estimate of drug-likeness (QED) is 0.850. The predicted molar refractivity (Wildman–Crippen MR) is 91.8 cm³/mol. The van der Waals surface area contributed by atoms with Gasteiger partial charge in [-0.3, -0.25) is 9.79 Å². The first-order chi connectivity index (χ1) is 10.5. The molecule has 1 aromatic carbocycles. The van der Waals surface area contributed by atoms with Gasteiger partial charge in [-0.05, 0) is 43.3 Å². The normalized spacial score (nSPS) is 20.3. The zero-order valence-electron chi connectivity index (χ0n) is 12.8. The van der Waals surface area contributed by atoms with Crippen LogP contribution in [0.3, 0.4) is 0 Å². The Balaban J connectivity index is 1.73. The van der Waals surface area contributed by atoms with E-state index in [4.69, 9.17) is 11.6 Å². The van der Waals surface area contributed by atoms with E-state index < -0.39 is 0 Å². The molecule has 2 aliphatic heterocycles. The summed E-state index contributed by atoms with van der Waals surface area (Å²) >= 11 is 7.48. The van der Waals surface area contributed by atoms with Crippen LogP contribution in [0.4, 0.5) is 0 Å². The van der Waals surface area contributed by atoms with Gasteiger partial charge in [0, 0.05) is 30.9 Å². The second kappa shape index (κ2) is 5.97. The molecule has 22 heavy (non-hydrogen) atoms. The van der Waals surface area contributed by atoms with Crippen molar-refractivity contribution < 1.29 is 4.79 Å². The summed E-state index contributed by atoms with van der Waals surface area (Å²) in [5, 5.41) is 1.64. The summed E-state index contributed by atoms with van der Waals surface area (Å²) in [4.78, 5) is 21.9. The fourth-order valence-corrected chi connectivity index (χ4v) is 4.09. The van der Waals surface area contributed by atoms with Crippen molar-refractivity contribution in [1.29, 1.82) is 0 Å². The Labute approximate surface area is 139 Å². The molecule has 6 heteroatoms. The SMILES string of the molecule is CC1=C(C(=O)N(C)Cc2cccc(Cl)c2)SC2=NC(C)CN21. The van der Waals surface area contributed by atoms with E-state index in [1.807, 2.05) is 38.2 Å². The Bertz CT molecular complexity index is 686. The van der Waals surface area contributed by atoms with E-state index in [9.17, 15) is 4.79 Å². The summed E-state index contributed by atoms with van der Waals surface area (Å²) in [5.41, 5.74) is 2.03. The number of amides is 1. The first-order valence-electron chi connectivity index (χ1n) is 7.19. The van der Waals surface area contributed by atoms with Gasteiger partial charge in [0.05, 0.1) is 10.9 Å². The van der Waals surface area contributed by atoms with Crippen LogP contribution in [0.15, 0.2) is 39.9 Å². The largest absolute Gasteiger partial charge is 0.337 e. The number of hydrogen-bond donors (Lipinski definition) is 0. The average molecular weight is 336 g/mol. The van der Waals surface area contributed by atoms with Gasteiger partial charge in [0.15, 0.2) is 5.17 Å². The molecule has 0 aromatic heterocycles. The Morgan fingerprint density at radius 3 is 3.00 bits per heavy atom. The highest BCUT2D eigenvalue weighted by Gasteiger charge is 2.36.